The molecule has 168 valence electrons. The van der Waals surface area contributed by atoms with E-state index in [2.05, 4.69) is 4.98 Å². The maximum absolute atomic E-state index is 13.6. The molecule has 7 nitrogen and oxygen atoms in total. The highest BCUT2D eigenvalue weighted by atomic mass is 32.2. The van der Waals surface area contributed by atoms with E-state index in [9.17, 15) is 23.1 Å². The van der Waals surface area contributed by atoms with Gasteiger partial charge in [0.15, 0.2) is 9.84 Å². The van der Waals surface area contributed by atoms with Crippen LogP contribution in [0.2, 0.25) is 0 Å². The van der Waals surface area contributed by atoms with Crippen molar-refractivity contribution < 1.29 is 23.1 Å². The summed E-state index contributed by atoms with van der Waals surface area (Å²) >= 11 is 0. The van der Waals surface area contributed by atoms with Crippen LogP contribution in [-0.2, 0) is 14.6 Å². The van der Waals surface area contributed by atoms with Gasteiger partial charge < -0.3 is 10.0 Å². The predicted octanol–water partition coefficient (Wildman–Crippen LogP) is 4.04. The number of aryl methyl sites for hydroxylation is 1. The molecule has 8 heteroatoms. The molecule has 0 saturated carbocycles. The number of benzene rings is 3. The van der Waals surface area contributed by atoms with Crippen LogP contribution in [0.5, 0.6) is 0 Å². The molecule has 0 fully saturated rings. The van der Waals surface area contributed by atoms with Gasteiger partial charge in [-0.05, 0) is 36.6 Å². The zero-order valence-corrected chi connectivity index (χ0v) is 18.9. The number of carboxylic acids is 1. The molecule has 33 heavy (non-hydrogen) atoms. The topological polar surface area (TPSA) is 105 Å². The Hall–Kier alpha value is -3.78. The van der Waals surface area contributed by atoms with Crippen LogP contribution in [0.25, 0.3) is 21.7 Å². The summed E-state index contributed by atoms with van der Waals surface area (Å²) in [5.74, 6) is -1.92. The normalized spacial score (nSPS) is 12.5. The number of hydrogen-bond acceptors (Lipinski definition) is 5. The highest BCUT2D eigenvalue weighted by molar-refractivity contribution is 7.92. The Morgan fingerprint density at radius 1 is 1.00 bits per heavy atom. The highest BCUT2D eigenvalue weighted by Crippen LogP contribution is 2.29. The number of fused-ring (bicyclic) bond motifs is 3. The number of carboxylic acid groups (broad SMARTS) is 1. The molecule has 1 N–H and O–H groups in total. The molecule has 3 aromatic carbocycles. The summed E-state index contributed by atoms with van der Waals surface area (Å²) in [7, 11) is -2.83. The number of nitrogens with zero attached hydrogens (tertiary/aromatic N) is 2. The average molecular weight is 463 g/mol. The molecule has 1 amide bonds. The van der Waals surface area contributed by atoms with Crippen molar-refractivity contribution in [3.63, 3.8) is 0 Å². The molecule has 0 aliphatic carbocycles. The number of amides is 1. The zero-order chi connectivity index (χ0) is 23.8. The van der Waals surface area contributed by atoms with Crippen molar-refractivity contribution in [1.29, 1.82) is 0 Å². The summed E-state index contributed by atoms with van der Waals surface area (Å²) in [5, 5.41) is 10.1. The molecular formula is C25H22N2O5S. The lowest BCUT2D eigenvalue weighted by molar-refractivity contribution is -0.137. The Balaban J connectivity index is 1.84. The van der Waals surface area contributed by atoms with Gasteiger partial charge in [0.1, 0.15) is 5.37 Å². The fourth-order valence-corrected chi connectivity index (χ4v) is 5.60. The Labute approximate surface area is 191 Å². The second kappa shape index (κ2) is 8.63. The molecule has 1 heterocycles. The van der Waals surface area contributed by atoms with Gasteiger partial charge in [0.2, 0.25) is 0 Å². The van der Waals surface area contributed by atoms with E-state index in [0.717, 1.165) is 21.2 Å². The zero-order valence-electron chi connectivity index (χ0n) is 18.1. The second-order valence-corrected chi connectivity index (χ2v) is 9.98. The van der Waals surface area contributed by atoms with Crippen LogP contribution < -0.4 is 0 Å². The van der Waals surface area contributed by atoms with Crippen LogP contribution in [0.1, 0.15) is 22.3 Å². The molecule has 0 saturated heterocycles. The summed E-state index contributed by atoms with van der Waals surface area (Å²) in [4.78, 5) is 30.6. The van der Waals surface area contributed by atoms with Crippen molar-refractivity contribution in [2.45, 2.75) is 23.6 Å². The van der Waals surface area contributed by atoms with Crippen molar-refractivity contribution in [2.24, 2.45) is 0 Å². The van der Waals surface area contributed by atoms with Crippen LogP contribution in [-0.4, -0.2) is 47.7 Å². The standard InChI is InChI=1S/C25H22N2O5S/c1-16-10-12-18(13-11-16)33(31,32)22(14-23(28)29)27(2)25(30)20-8-5-9-21-24(20)19-7-4-3-6-17(19)15-26-21/h3-13,15,22H,14H2,1-2H3,(H,28,29). The molecule has 0 bridgehead atoms. The summed E-state index contributed by atoms with van der Waals surface area (Å²) in [6.45, 7) is 1.82. The van der Waals surface area contributed by atoms with Crippen molar-refractivity contribution >= 4 is 43.4 Å². The third kappa shape index (κ3) is 4.17. The van der Waals surface area contributed by atoms with Gasteiger partial charge in [-0.25, -0.2) is 8.42 Å². The number of hydrogen-bond donors (Lipinski definition) is 1. The first-order valence-electron chi connectivity index (χ1n) is 10.3. The smallest absolute Gasteiger partial charge is 0.306 e. The monoisotopic (exact) mass is 462 g/mol. The van der Waals surface area contributed by atoms with Gasteiger partial charge in [-0.3, -0.25) is 14.6 Å². The third-order valence-electron chi connectivity index (χ3n) is 5.65. The van der Waals surface area contributed by atoms with E-state index < -0.39 is 33.5 Å². The maximum atomic E-state index is 13.6. The lowest BCUT2D eigenvalue weighted by Crippen LogP contribution is -2.43. The average Bonchev–Trinajstić information content (AvgIpc) is 2.81. The third-order valence-corrected chi connectivity index (χ3v) is 7.78. The minimum atomic E-state index is -4.15. The lowest BCUT2D eigenvalue weighted by atomic mass is 10.0. The van der Waals surface area contributed by atoms with Gasteiger partial charge >= 0.3 is 5.97 Å². The molecule has 4 rings (SSSR count). The van der Waals surface area contributed by atoms with E-state index >= 15 is 0 Å². The van der Waals surface area contributed by atoms with E-state index in [1.165, 1.54) is 19.2 Å². The Kier molecular flexibility index (Phi) is 5.86. The van der Waals surface area contributed by atoms with E-state index in [-0.39, 0.29) is 10.5 Å². The van der Waals surface area contributed by atoms with Gasteiger partial charge in [0, 0.05) is 29.6 Å². The Morgan fingerprint density at radius 3 is 2.39 bits per heavy atom. The minimum Gasteiger partial charge on any atom is -0.481 e. The second-order valence-electron chi connectivity index (χ2n) is 7.87. The van der Waals surface area contributed by atoms with Gasteiger partial charge in [0.05, 0.1) is 16.8 Å². The first-order valence-corrected chi connectivity index (χ1v) is 11.8. The first-order chi connectivity index (χ1) is 15.7. The van der Waals surface area contributed by atoms with E-state index in [4.69, 9.17) is 0 Å². The summed E-state index contributed by atoms with van der Waals surface area (Å²) in [6, 6.07) is 18.6. The molecule has 1 atom stereocenters. The lowest BCUT2D eigenvalue weighted by Gasteiger charge is -2.27. The molecule has 0 radical (unpaired) electrons. The van der Waals surface area contributed by atoms with Crippen LogP contribution >= 0.6 is 0 Å². The maximum Gasteiger partial charge on any atom is 0.306 e. The van der Waals surface area contributed by atoms with Crippen molar-refractivity contribution in [2.75, 3.05) is 7.05 Å². The summed E-state index contributed by atoms with van der Waals surface area (Å²) in [5.41, 5.74) is 1.71. The quantitative estimate of drug-likeness (QED) is 0.434. The number of rotatable bonds is 6. The Bertz CT molecular complexity index is 1480. The molecule has 1 aromatic heterocycles. The van der Waals surface area contributed by atoms with Gasteiger partial charge in [-0.15, -0.1) is 0 Å². The highest BCUT2D eigenvalue weighted by Gasteiger charge is 2.36. The SMILES string of the molecule is Cc1ccc(S(=O)(=O)C(CC(=O)O)N(C)C(=O)c2cccc3ncc4ccccc4c23)cc1. The number of pyridine rings is 1. The predicted molar refractivity (Wildman–Crippen MR) is 126 cm³/mol. The molecule has 4 aromatic rings. The number of carbonyl (C=O) groups excluding carboxylic acids is 1. The van der Waals surface area contributed by atoms with E-state index in [1.807, 2.05) is 31.2 Å². The van der Waals surface area contributed by atoms with Crippen LogP contribution in [0, 0.1) is 6.92 Å². The molecule has 0 aliphatic heterocycles. The number of aromatic nitrogens is 1. The van der Waals surface area contributed by atoms with Crippen molar-refractivity contribution in [3.8, 4) is 0 Å². The van der Waals surface area contributed by atoms with Crippen molar-refractivity contribution in [1.82, 2.24) is 9.88 Å². The molecule has 0 spiro atoms. The van der Waals surface area contributed by atoms with Crippen LogP contribution in [0.15, 0.2) is 77.8 Å². The van der Waals surface area contributed by atoms with Gasteiger partial charge in [0.25, 0.3) is 5.91 Å². The Morgan fingerprint density at radius 2 is 1.70 bits per heavy atom. The fourth-order valence-electron chi connectivity index (χ4n) is 3.90. The fraction of sp³-hybridized carbons (Fsp3) is 0.160. The summed E-state index contributed by atoms with van der Waals surface area (Å²) < 4.78 is 26.7. The van der Waals surface area contributed by atoms with Gasteiger partial charge in [-0.1, -0.05) is 48.0 Å². The summed E-state index contributed by atoms with van der Waals surface area (Å²) in [6.07, 6.45) is 0.965. The minimum absolute atomic E-state index is 0.0379. The molecule has 0 aliphatic rings. The van der Waals surface area contributed by atoms with Crippen LogP contribution in [0.3, 0.4) is 0 Å². The number of aliphatic carboxylic acids is 1. The van der Waals surface area contributed by atoms with Gasteiger partial charge in [-0.2, -0.15) is 0 Å². The van der Waals surface area contributed by atoms with E-state index in [0.29, 0.717) is 10.9 Å². The number of sulfone groups is 1. The largest absolute Gasteiger partial charge is 0.481 e. The number of carbonyl (C=O) groups is 2. The van der Waals surface area contributed by atoms with Crippen LogP contribution in [0.4, 0.5) is 0 Å². The van der Waals surface area contributed by atoms with E-state index in [1.54, 1.807) is 36.5 Å². The first kappa shape index (κ1) is 22.4. The van der Waals surface area contributed by atoms with Crippen molar-refractivity contribution in [3.05, 3.63) is 84.1 Å². The molecule has 1 unspecified atom stereocenters. The molecular weight excluding hydrogens is 440 g/mol.